The van der Waals surface area contributed by atoms with Gasteiger partial charge in [-0.2, -0.15) is 5.10 Å². The minimum absolute atomic E-state index is 0.467. The van der Waals surface area contributed by atoms with Gasteiger partial charge in [0.05, 0.1) is 23.5 Å². The monoisotopic (exact) mass is 339 g/mol. The molecule has 134 valence electrons. The second-order valence-electron chi connectivity index (χ2n) is 8.00. The summed E-state index contributed by atoms with van der Waals surface area (Å²) >= 11 is 0. The second kappa shape index (κ2) is 6.93. The molecule has 4 heteroatoms. The third-order valence-electron chi connectivity index (χ3n) is 5.84. The first-order valence-corrected chi connectivity index (χ1v) is 9.70. The van der Waals surface area contributed by atoms with E-state index in [1.165, 1.54) is 42.5 Å². The summed E-state index contributed by atoms with van der Waals surface area (Å²) in [5, 5.41) is 18.7. The van der Waals surface area contributed by atoms with Gasteiger partial charge in [-0.25, -0.2) is 0 Å². The molecule has 0 saturated heterocycles. The van der Waals surface area contributed by atoms with Gasteiger partial charge in [-0.15, -0.1) is 0 Å². The van der Waals surface area contributed by atoms with Crippen LogP contribution in [0.25, 0.3) is 11.3 Å². The molecule has 0 bridgehead atoms. The van der Waals surface area contributed by atoms with Gasteiger partial charge in [0.2, 0.25) is 0 Å². The molecule has 4 rings (SSSR count). The van der Waals surface area contributed by atoms with Crippen molar-refractivity contribution in [3.05, 3.63) is 42.1 Å². The number of hydrogen-bond donors (Lipinski definition) is 2. The van der Waals surface area contributed by atoms with E-state index in [1.807, 2.05) is 13.1 Å². The highest BCUT2D eigenvalue weighted by Gasteiger charge is 2.39. The Bertz CT molecular complexity index is 697. The Morgan fingerprint density at radius 1 is 1.16 bits per heavy atom. The van der Waals surface area contributed by atoms with E-state index in [0.29, 0.717) is 18.5 Å². The fourth-order valence-corrected chi connectivity index (χ4v) is 4.17. The maximum Gasteiger partial charge on any atom is 0.0771 e. The normalized spacial score (nSPS) is 20.7. The van der Waals surface area contributed by atoms with E-state index in [4.69, 9.17) is 5.10 Å². The highest BCUT2D eigenvalue weighted by Crippen LogP contribution is 2.39. The molecule has 1 unspecified atom stereocenters. The van der Waals surface area contributed by atoms with Crippen LogP contribution in [0.4, 0.5) is 0 Å². The highest BCUT2D eigenvalue weighted by atomic mass is 16.3. The van der Waals surface area contributed by atoms with Gasteiger partial charge < -0.3 is 10.4 Å². The number of rotatable bonds is 7. The Hall–Kier alpha value is -1.65. The summed E-state index contributed by atoms with van der Waals surface area (Å²) in [7, 11) is 0. The number of benzene rings is 1. The van der Waals surface area contributed by atoms with Crippen LogP contribution < -0.4 is 5.32 Å². The van der Waals surface area contributed by atoms with Crippen LogP contribution >= 0.6 is 0 Å². The third-order valence-corrected chi connectivity index (χ3v) is 5.84. The first-order chi connectivity index (χ1) is 12.1. The Morgan fingerprint density at radius 2 is 1.88 bits per heavy atom. The average molecular weight is 339 g/mol. The van der Waals surface area contributed by atoms with Gasteiger partial charge in [0.25, 0.3) is 0 Å². The van der Waals surface area contributed by atoms with Gasteiger partial charge in [0, 0.05) is 24.2 Å². The summed E-state index contributed by atoms with van der Waals surface area (Å²) in [6.07, 6.45) is 9.38. The van der Waals surface area contributed by atoms with Crippen LogP contribution in [0.1, 0.15) is 57.1 Å². The average Bonchev–Trinajstić information content (AvgIpc) is 3.19. The van der Waals surface area contributed by atoms with Crippen molar-refractivity contribution in [3.8, 4) is 11.3 Å². The molecule has 0 amide bonds. The van der Waals surface area contributed by atoms with E-state index in [9.17, 15) is 5.11 Å². The van der Waals surface area contributed by atoms with Crippen molar-refractivity contribution in [2.75, 3.05) is 6.54 Å². The van der Waals surface area contributed by atoms with Gasteiger partial charge in [-0.3, -0.25) is 4.68 Å². The fraction of sp³-hybridized carbons (Fsp3) is 0.571. The van der Waals surface area contributed by atoms with Crippen molar-refractivity contribution >= 4 is 0 Å². The number of aliphatic hydroxyl groups is 1. The predicted octanol–water partition coefficient (Wildman–Crippen LogP) is 3.92. The lowest BCUT2D eigenvalue weighted by Crippen LogP contribution is -2.39. The molecule has 0 spiro atoms. The number of nitrogens with one attached hydrogen (secondary N) is 1. The molecule has 0 aliphatic heterocycles. The Balaban J connectivity index is 1.54. The van der Waals surface area contributed by atoms with Crippen molar-refractivity contribution < 1.29 is 5.11 Å². The summed E-state index contributed by atoms with van der Waals surface area (Å²) in [6.45, 7) is 3.35. The summed E-state index contributed by atoms with van der Waals surface area (Å²) < 4.78 is 2.25. The highest BCUT2D eigenvalue weighted by molar-refractivity contribution is 5.63. The van der Waals surface area contributed by atoms with Gasteiger partial charge in [-0.05, 0) is 38.5 Å². The topological polar surface area (TPSA) is 50.1 Å². The van der Waals surface area contributed by atoms with Crippen LogP contribution in [-0.2, 0) is 6.54 Å². The molecule has 2 saturated carbocycles. The lowest BCUT2D eigenvalue weighted by atomic mass is 10.0. The molecular weight excluding hydrogens is 310 g/mol. The minimum atomic E-state index is -0.589. The first kappa shape index (κ1) is 16.8. The van der Waals surface area contributed by atoms with Crippen molar-refractivity contribution in [1.82, 2.24) is 15.1 Å². The van der Waals surface area contributed by atoms with Crippen LogP contribution in [-0.4, -0.2) is 27.0 Å². The standard InChI is InChI=1S/C21H29N3O/c1-21(25,18-11-12-18)15-22-13-17-14-23-24(19-9-5-6-10-19)20(17)16-7-3-2-4-8-16/h2-4,7-8,14,18-19,22,25H,5-6,9-13,15H2,1H3. The van der Waals surface area contributed by atoms with E-state index in [1.54, 1.807) is 0 Å². The summed E-state index contributed by atoms with van der Waals surface area (Å²) in [4.78, 5) is 0. The Labute approximate surface area is 150 Å². The van der Waals surface area contributed by atoms with Crippen LogP contribution in [0.3, 0.4) is 0 Å². The zero-order valence-corrected chi connectivity index (χ0v) is 15.1. The second-order valence-corrected chi connectivity index (χ2v) is 8.00. The van der Waals surface area contributed by atoms with Crippen LogP contribution in [0.15, 0.2) is 36.5 Å². The largest absolute Gasteiger partial charge is 0.389 e. The molecule has 2 aliphatic carbocycles. The quantitative estimate of drug-likeness (QED) is 0.804. The van der Waals surface area contributed by atoms with Gasteiger partial charge >= 0.3 is 0 Å². The Morgan fingerprint density at radius 3 is 2.56 bits per heavy atom. The maximum atomic E-state index is 10.5. The molecule has 2 aromatic rings. The van der Waals surface area contributed by atoms with Crippen molar-refractivity contribution in [2.24, 2.45) is 5.92 Å². The van der Waals surface area contributed by atoms with Gasteiger partial charge in [0.1, 0.15) is 0 Å². The van der Waals surface area contributed by atoms with Crippen molar-refractivity contribution in [2.45, 2.75) is 63.6 Å². The zero-order valence-electron chi connectivity index (χ0n) is 15.1. The molecule has 1 heterocycles. The van der Waals surface area contributed by atoms with Crippen molar-refractivity contribution in [3.63, 3.8) is 0 Å². The molecular formula is C21H29N3O. The molecule has 2 fully saturated rings. The van der Waals surface area contributed by atoms with Crippen LogP contribution in [0, 0.1) is 5.92 Å². The van der Waals surface area contributed by atoms with E-state index < -0.39 is 5.60 Å². The molecule has 2 N–H and O–H groups in total. The third kappa shape index (κ3) is 3.65. The van der Waals surface area contributed by atoms with Gasteiger partial charge in [0.15, 0.2) is 0 Å². The summed E-state index contributed by atoms with van der Waals surface area (Å²) in [5.41, 5.74) is 3.11. The lowest BCUT2D eigenvalue weighted by Gasteiger charge is -2.23. The van der Waals surface area contributed by atoms with Crippen molar-refractivity contribution in [1.29, 1.82) is 0 Å². The van der Waals surface area contributed by atoms with E-state index >= 15 is 0 Å². The summed E-state index contributed by atoms with van der Waals surface area (Å²) in [6, 6.07) is 11.1. The molecule has 25 heavy (non-hydrogen) atoms. The first-order valence-electron chi connectivity index (χ1n) is 9.70. The van der Waals surface area contributed by atoms with Crippen LogP contribution in [0.2, 0.25) is 0 Å². The van der Waals surface area contributed by atoms with E-state index in [2.05, 4.69) is 40.3 Å². The van der Waals surface area contributed by atoms with Gasteiger partial charge in [-0.1, -0.05) is 43.2 Å². The van der Waals surface area contributed by atoms with E-state index in [0.717, 1.165) is 19.4 Å². The maximum absolute atomic E-state index is 10.5. The molecule has 1 aromatic carbocycles. The number of aromatic nitrogens is 2. The SMILES string of the molecule is CC(O)(CNCc1cnn(C2CCCC2)c1-c1ccccc1)C1CC1. The molecule has 2 aliphatic rings. The molecule has 1 aromatic heterocycles. The molecule has 0 radical (unpaired) electrons. The molecule has 1 atom stereocenters. The lowest BCUT2D eigenvalue weighted by molar-refractivity contribution is 0.0367. The minimum Gasteiger partial charge on any atom is -0.389 e. The van der Waals surface area contributed by atoms with Crippen LogP contribution in [0.5, 0.6) is 0 Å². The van der Waals surface area contributed by atoms with E-state index in [-0.39, 0.29) is 0 Å². The zero-order chi connectivity index (χ0) is 17.3. The Kier molecular flexibility index (Phi) is 4.65. The fourth-order valence-electron chi connectivity index (χ4n) is 4.17. The number of nitrogens with zero attached hydrogens (tertiary/aromatic N) is 2. The summed E-state index contributed by atoms with van der Waals surface area (Å²) in [5.74, 6) is 0.467. The predicted molar refractivity (Wildman–Crippen MR) is 100 cm³/mol. The smallest absolute Gasteiger partial charge is 0.0771 e. The number of hydrogen-bond acceptors (Lipinski definition) is 3. The molecule has 4 nitrogen and oxygen atoms in total.